The average molecular weight is 303 g/mol. The molecule has 2 N–H and O–H groups in total. The lowest BCUT2D eigenvalue weighted by Gasteiger charge is -2.06. The molecular formula is C15H17N3S2. The van der Waals surface area contributed by atoms with Gasteiger partial charge in [-0.2, -0.15) is 0 Å². The number of hydrogen-bond acceptors (Lipinski definition) is 3. The van der Waals surface area contributed by atoms with Crippen LogP contribution < -0.4 is 10.6 Å². The SMILES string of the molecule is C=CCNC(=S)NCc1csc(Cc2ccccc2)n1. The minimum Gasteiger partial charge on any atom is -0.359 e. The third-order valence-electron chi connectivity index (χ3n) is 2.63. The van der Waals surface area contributed by atoms with Crippen molar-refractivity contribution in [2.24, 2.45) is 0 Å². The monoisotopic (exact) mass is 303 g/mol. The van der Waals surface area contributed by atoms with Crippen LogP contribution in [-0.4, -0.2) is 16.6 Å². The first-order chi connectivity index (χ1) is 9.78. The van der Waals surface area contributed by atoms with E-state index in [0.29, 0.717) is 18.2 Å². The minimum atomic E-state index is 0.627. The number of hydrogen-bond donors (Lipinski definition) is 2. The predicted octanol–water partition coefficient (Wildman–Crippen LogP) is 2.88. The van der Waals surface area contributed by atoms with Gasteiger partial charge >= 0.3 is 0 Å². The molecule has 5 heteroatoms. The van der Waals surface area contributed by atoms with Crippen molar-refractivity contribution in [3.8, 4) is 0 Å². The van der Waals surface area contributed by atoms with Crippen molar-refractivity contribution in [3.05, 3.63) is 64.6 Å². The van der Waals surface area contributed by atoms with Crippen molar-refractivity contribution in [2.75, 3.05) is 6.54 Å². The number of aromatic nitrogens is 1. The van der Waals surface area contributed by atoms with Crippen LogP contribution in [0.15, 0.2) is 48.4 Å². The van der Waals surface area contributed by atoms with E-state index in [4.69, 9.17) is 12.2 Å². The Labute approximate surface area is 128 Å². The summed E-state index contributed by atoms with van der Waals surface area (Å²) in [6.45, 7) is 4.95. The van der Waals surface area contributed by atoms with Gasteiger partial charge in [-0.25, -0.2) is 4.98 Å². The molecule has 20 heavy (non-hydrogen) atoms. The van der Waals surface area contributed by atoms with Crippen LogP contribution >= 0.6 is 23.6 Å². The molecule has 0 atom stereocenters. The Kier molecular flexibility index (Phi) is 5.70. The standard InChI is InChI=1S/C15H17N3S2/c1-2-8-16-15(19)17-10-13-11-20-14(18-13)9-12-6-4-3-5-7-12/h2-7,11H,1,8-10H2,(H2,16,17,19). The Morgan fingerprint density at radius 1 is 1.30 bits per heavy atom. The summed E-state index contributed by atoms with van der Waals surface area (Å²) >= 11 is 6.82. The first-order valence-corrected chi connectivity index (χ1v) is 7.66. The molecule has 1 aromatic heterocycles. The van der Waals surface area contributed by atoms with Crippen LogP contribution in [0.2, 0.25) is 0 Å². The predicted molar refractivity (Wildman–Crippen MR) is 89.0 cm³/mol. The first-order valence-electron chi connectivity index (χ1n) is 6.37. The summed E-state index contributed by atoms with van der Waals surface area (Å²) in [6.07, 6.45) is 2.65. The zero-order valence-corrected chi connectivity index (χ0v) is 12.8. The van der Waals surface area contributed by atoms with Crippen molar-refractivity contribution < 1.29 is 0 Å². The van der Waals surface area contributed by atoms with Gasteiger partial charge in [0.25, 0.3) is 0 Å². The van der Waals surface area contributed by atoms with Crippen LogP contribution in [-0.2, 0) is 13.0 Å². The molecule has 0 radical (unpaired) electrons. The molecule has 0 aliphatic carbocycles. The molecule has 0 bridgehead atoms. The second kappa shape index (κ2) is 7.77. The van der Waals surface area contributed by atoms with E-state index < -0.39 is 0 Å². The Morgan fingerprint density at radius 2 is 2.10 bits per heavy atom. The summed E-state index contributed by atoms with van der Waals surface area (Å²) in [6, 6.07) is 10.4. The molecule has 0 aliphatic heterocycles. The molecule has 104 valence electrons. The lowest BCUT2D eigenvalue weighted by atomic mass is 10.2. The topological polar surface area (TPSA) is 37.0 Å². The highest BCUT2D eigenvalue weighted by atomic mass is 32.1. The van der Waals surface area contributed by atoms with E-state index in [9.17, 15) is 0 Å². The minimum absolute atomic E-state index is 0.627. The van der Waals surface area contributed by atoms with Gasteiger partial charge in [0.1, 0.15) is 0 Å². The average Bonchev–Trinajstić information content (AvgIpc) is 2.91. The van der Waals surface area contributed by atoms with Crippen molar-refractivity contribution in [3.63, 3.8) is 0 Å². The Bertz CT molecular complexity index is 564. The summed E-state index contributed by atoms with van der Waals surface area (Å²) in [4.78, 5) is 4.61. The molecule has 1 heterocycles. The fourth-order valence-electron chi connectivity index (χ4n) is 1.68. The van der Waals surface area contributed by atoms with E-state index in [1.54, 1.807) is 17.4 Å². The van der Waals surface area contributed by atoms with E-state index in [-0.39, 0.29) is 0 Å². The number of nitrogens with zero attached hydrogens (tertiary/aromatic N) is 1. The van der Waals surface area contributed by atoms with E-state index in [0.717, 1.165) is 17.1 Å². The van der Waals surface area contributed by atoms with Crippen LogP contribution in [0.1, 0.15) is 16.3 Å². The van der Waals surface area contributed by atoms with Crippen molar-refractivity contribution in [1.29, 1.82) is 0 Å². The van der Waals surface area contributed by atoms with Gasteiger partial charge < -0.3 is 10.6 Å². The summed E-state index contributed by atoms with van der Waals surface area (Å²) in [5.74, 6) is 0. The van der Waals surface area contributed by atoms with Gasteiger partial charge in [0.15, 0.2) is 5.11 Å². The van der Waals surface area contributed by atoms with Gasteiger partial charge in [0.2, 0.25) is 0 Å². The summed E-state index contributed by atoms with van der Waals surface area (Å²) < 4.78 is 0. The fraction of sp³-hybridized carbons (Fsp3) is 0.200. The van der Waals surface area contributed by atoms with Gasteiger partial charge in [-0.1, -0.05) is 36.4 Å². The smallest absolute Gasteiger partial charge is 0.166 e. The van der Waals surface area contributed by atoms with Crippen LogP contribution in [0.25, 0.3) is 0 Å². The number of rotatable bonds is 6. The number of nitrogens with one attached hydrogen (secondary N) is 2. The van der Waals surface area contributed by atoms with Crippen LogP contribution in [0.4, 0.5) is 0 Å². The molecule has 2 rings (SSSR count). The number of thiocarbonyl (C=S) groups is 1. The summed E-state index contributed by atoms with van der Waals surface area (Å²) in [5.41, 5.74) is 2.30. The highest BCUT2D eigenvalue weighted by Gasteiger charge is 2.03. The normalized spacial score (nSPS) is 10.0. The highest BCUT2D eigenvalue weighted by molar-refractivity contribution is 7.80. The van der Waals surface area contributed by atoms with Crippen molar-refractivity contribution >= 4 is 28.7 Å². The maximum Gasteiger partial charge on any atom is 0.166 e. The first kappa shape index (κ1) is 14.7. The number of benzene rings is 1. The Hall–Kier alpha value is -1.72. The Morgan fingerprint density at radius 3 is 2.85 bits per heavy atom. The summed E-state index contributed by atoms with van der Waals surface area (Å²) in [5, 5.41) is 9.98. The second-order valence-electron chi connectivity index (χ2n) is 4.25. The molecular weight excluding hydrogens is 286 g/mol. The maximum atomic E-state index is 5.14. The van der Waals surface area contributed by atoms with Crippen LogP contribution in [0.3, 0.4) is 0 Å². The zero-order chi connectivity index (χ0) is 14.2. The van der Waals surface area contributed by atoms with Gasteiger partial charge in [0, 0.05) is 18.3 Å². The van der Waals surface area contributed by atoms with Gasteiger partial charge in [0.05, 0.1) is 17.2 Å². The van der Waals surface area contributed by atoms with Crippen LogP contribution in [0.5, 0.6) is 0 Å². The van der Waals surface area contributed by atoms with Gasteiger partial charge in [-0.3, -0.25) is 0 Å². The van der Waals surface area contributed by atoms with Gasteiger partial charge in [-0.05, 0) is 17.8 Å². The lowest BCUT2D eigenvalue weighted by molar-refractivity contribution is 0.845. The Balaban J connectivity index is 1.83. The zero-order valence-electron chi connectivity index (χ0n) is 11.1. The lowest BCUT2D eigenvalue weighted by Crippen LogP contribution is -2.34. The molecule has 0 unspecified atom stereocenters. The molecule has 0 saturated carbocycles. The van der Waals surface area contributed by atoms with Crippen molar-refractivity contribution in [1.82, 2.24) is 15.6 Å². The molecule has 0 spiro atoms. The van der Waals surface area contributed by atoms with Gasteiger partial charge in [-0.15, -0.1) is 17.9 Å². The molecule has 2 aromatic rings. The molecule has 0 saturated heterocycles. The third-order valence-corrected chi connectivity index (χ3v) is 3.82. The molecule has 3 nitrogen and oxygen atoms in total. The van der Waals surface area contributed by atoms with E-state index in [1.807, 2.05) is 6.07 Å². The van der Waals surface area contributed by atoms with E-state index in [2.05, 4.69) is 51.8 Å². The second-order valence-corrected chi connectivity index (χ2v) is 5.60. The molecule has 0 fully saturated rings. The number of thiazole rings is 1. The highest BCUT2D eigenvalue weighted by Crippen LogP contribution is 2.14. The maximum absolute atomic E-state index is 5.14. The quantitative estimate of drug-likeness (QED) is 0.635. The molecule has 0 amide bonds. The van der Waals surface area contributed by atoms with E-state index >= 15 is 0 Å². The third kappa shape index (κ3) is 4.75. The molecule has 1 aromatic carbocycles. The molecule has 0 aliphatic rings. The van der Waals surface area contributed by atoms with E-state index in [1.165, 1.54) is 5.56 Å². The fourth-order valence-corrected chi connectivity index (χ4v) is 2.66. The van der Waals surface area contributed by atoms with Crippen molar-refractivity contribution in [2.45, 2.75) is 13.0 Å². The largest absolute Gasteiger partial charge is 0.359 e. The summed E-state index contributed by atoms with van der Waals surface area (Å²) in [7, 11) is 0. The van der Waals surface area contributed by atoms with Crippen LogP contribution in [0, 0.1) is 0 Å².